The molecule has 0 bridgehead atoms. The summed E-state index contributed by atoms with van der Waals surface area (Å²) >= 11 is 0. The van der Waals surface area contributed by atoms with Crippen molar-refractivity contribution in [1.82, 2.24) is 5.16 Å². The van der Waals surface area contributed by atoms with E-state index in [4.69, 9.17) is 14.0 Å². The average Bonchev–Trinajstić information content (AvgIpc) is 3.16. The monoisotopic (exact) mass is 280 g/mol. The standard InChI is InChI=1S/C15H24N2O3/c1-16-13-10-12(17-20-13)15(7-3-4-8-15)11-19-14-6-2-5-9-18-14/h10,14,16H,2-9,11H2,1H3. The number of anilines is 1. The van der Waals surface area contributed by atoms with Gasteiger partial charge in [-0.05, 0) is 32.1 Å². The molecule has 5 nitrogen and oxygen atoms in total. The number of rotatable bonds is 5. The van der Waals surface area contributed by atoms with Gasteiger partial charge in [0.25, 0.3) is 0 Å². The third-order valence-corrected chi connectivity index (χ3v) is 4.54. The van der Waals surface area contributed by atoms with E-state index in [1.807, 2.05) is 13.1 Å². The lowest BCUT2D eigenvalue weighted by Gasteiger charge is -2.30. The maximum Gasteiger partial charge on any atom is 0.224 e. The predicted molar refractivity (Wildman–Crippen MR) is 75.7 cm³/mol. The Kier molecular flexibility index (Phi) is 4.27. The van der Waals surface area contributed by atoms with Gasteiger partial charge in [-0.3, -0.25) is 0 Å². The predicted octanol–water partition coefficient (Wildman–Crippen LogP) is 3.07. The Morgan fingerprint density at radius 2 is 2.20 bits per heavy atom. The molecule has 1 N–H and O–H groups in total. The molecule has 1 aromatic heterocycles. The molecule has 2 aliphatic rings. The molecule has 112 valence electrons. The lowest BCUT2D eigenvalue weighted by molar-refractivity contribution is -0.172. The molecular formula is C15H24N2O3. The molecule has 1 saturated carbocycles. The zero-order valence-corrected chi connectivity index (χ0v) is 12.2. The Balaban J connectivity index is 1.67. The van der Waals surface area contributed by atoms with Crippen LogP contribution in [0.4, 0.5) is 5.88 Å². The molecule has 1 aliphatic carbocycles. The van der Waals surface area contributed by atoms with Crippen molar-refractivity contribution in [1.29, 1.82) is 0 Å². The Morgan fingerprint density at radius 3 is 2.85 bits per heavy atom. The third-order valence-electron chi connectivity index (χ3n) is 4.54. The van der Waals surface area contributed by atoms with Gasteiger partial charge in [0.1, 0.15) is 0 Å². The fraction of sp³-hybridized carbons (Fsp3) is 0.800. The highest BCUT2D eigenvalue weighted by Gasteiger charge is 2.39. The molecule has 1 unspecified atom stereocenters. The van der Waals surface area contributed by atoms with Crippen LogP contribution < -0.4 is 5.32 Å². The van der Waals surface area contributed by atoms with Gasteiger partial charge in [-0.1, -0.05) is 18.0 Å². The van der Waals surface area contributed by atoms with Crippen molar-refractivity contribution in [2.45, 2.75) is 56.7 Å². The number of ether oxygens (including phenoxy) is 2. The number of aromatic nitrogens is 1. The lowest BCUT2D eigenvalue weighted by Crippen LogP contribution is -2.33. The molecule has 1 aromatic rings. The highest BCUT2D eigenvalue weighted by Crippen LogP contribution is 2.42. The molecule has 1 aliphatic heterocycles. The fourth-order valence-electron chi connectivity index (χ4n) is 3.26. The summed E-state index contributed by atoms with van der Waals surface area (Å²) in [6.07, 6.45) is 8.04. The van der Waals surface area contributed by atoms with E-state index in [2.05, 4.69) is 10.5 Å². The molecule has 0 spiro atoms. The van der Waals surface area contributed by atoms with Crippen molar-refractivity contribution >= 4 is 5.88 Å². The molecule has 5 heteroatoms. The molecular weight excluding hydrogens is 256 g/mol. The van der Waals surface area contributed by atoms with Crippen molar-refractivity contribution in [2.24, 2.45) is 0 Å². The Morgan fingerprint density at radius 1 is 1.35 bits per heavy atom. The van der Waals surface area contributed by atoms with E-state index in [0.717, 1.165) is 43.9 Å². The summed E-state index contributed by atoms with van der Waals surface area (Å²) in [6, 6.07) is 2.01. The van der Waals surface area contributed by atoms with Gasteiger partial charge in [-0.15, -0.1) is 0 Å². The zero-order chi connectivity index (χ0) is 13.8. The second kappa shape index (κ2) is 6.14. The summed E-state index contributed by atoms with van der Waals surface area (Å²) < 4.78 is 17.0. The second-order valence-corrected chi connectivity index (χ2v) is 5.92. The third kappa shape index (κ3) is 2.83. The van der Waals surface area contributed by atoms with Crippen molar-refractivity contribution in [3.63, 3.8) is 0 Å². The Labute approximate surface area is 120 Å². The van der Waals surface area contributed by atoms with E-state index < -0.39 is 0 Å². The van der Waals surface area contributed by atoms with Crippen molar-refractivity contribution in [2.75, 3.05) is 25.6 Å². The number of hydrogen-bond acceptors (Lipinski definition) is 5. The summed E-state index contributed by atoms with van der Waals surface area (Å²) in [6.45, 7) is 1.51. The largest absolute Gasteiger partial charge is 0.357 e. The van der Waals surface area contributed by atoms with Crippen LogP contribution >= 0.6 is 0 Å². The van der Waals surface area contributed by atoms with Gasteiger partial charge in [0.05, 0.1) is 12.3 Å². The van der Waals surface area contributed by atoms with Gasteiger partial charge in [0.2, 0.25) is 5.88 Å². The summed E-state index contributed by atoms with van der Waals surface area (Å²) in [4.78, 5) is 0. The van der Waals surface area contributed by atoms with Crippen LogP contribution in [0.15, 0.2) is 10.6 Å². The van der Waals surface area contributed by atoms with Crippen LogP contribution in [0.2, 0.25) is 0 Å². The first kappa shape index (κ1) is 13.9. The minimum absolute atomic E-state index is 0.0133. The number of nitrogens with zero attached hydrogens (tertiary/aromatic N) is 1. The first-order valence-electron chi connectivity index (χ1n) is 7.71. The molecule has 2 fully saturated rings. The maximum absolute atomic E-state index is 6.04. The van der Waals surface area contributed by atoms with Gasteiger partial charge in [0, 0.05) is 25.1 Å². The van der Waals surface area contributed by atoms with Crippen LogP contribution in [-0.2, 0) is 14.9 Å². The molecule has 2 heterocycles. The lowest BCUT2D eigenvalue weighted by atomic mass is 9.83. The average molecular weight is 280 g/mol. The summed E-state index contributed by atoms with van der Waals surface area (Å²) in [5, 5.41) is 7.25. The van der Waals surface area contributed by atoms with Crippen LogP contribution in [0.25, 0.3) is 0 Å². The SMILES string of the molecule is CNc1cc(C2(COC3CCCCO3)CCCC2)no1. The van der Waals surface area contributed by atoms with E-state index >= 15 is 0 Å². The Bertz CT molecular complexity index is 421. The van der Waals surface area contributed by atoms with Crippen LogP contribution in [0.5, 0.6) is 0 Å². The van der Waals surface area contributed by atoms with Crippen LogP contribution in [-0.4, -0.2) is 31.7 Å². The molecule has 20 heavy (non-hydrogen) atoms. The first-order valence-corrected chi connectivity index (χ1v) is 7.71. The minimum atomic E-state index is -0.0307. The van der Waals surface area contributed by atoms with Crippen molar-refractivity contribution in [3.8, 4) is 0 Å². The summed E-state index contributed by atoms with van der Waals surface area (Å²) in [5.41, 5.74) is 1.04. The molecule has 1 atom stereocenters. The maximum atomic E-state index is 6.04. The highest BCUT2D eigenvalue weighted by molar-refractivity contribution is 5.34. The van der Waals surface area contributed by atoms with Crippen molar-refractivity contribution < 1.29 is 14.0 Å². The van der Waals surface area contributed by atoms with Crippen LogP contribution in [0, 0.1) is 0 Å². The van der Waals surface area contributed by atoms with Crippen LogP contribution in [0.3, 0.4) is 0 Å². The zero-order valence-electron chi connectivity index (χ0n) is 12.2. The van der Waals surface area contributed by atoms with Crippen LogP contribution in [0.1, 0.15) is 50.6 Å². The van der Waals surface area contributed by atoms with E-state index in [-0.39, 0.29) is 11.7 Å². The quantitative estimate of drug-likeness (QED) is 0.898. The van der Waals surface area contributed by atoms with Gasteiger partial charge in [-0.25, -0.2) is 0 Å². The normalized spacial score (nSPS) is 25.8. The van der Waals surface area contributed by atoms with Gasteiger partial charge >= 0.3 is 0 Å². The Hall–Kier alpha value is -1.07. The van der Waals surface area contributed by atoms with E-state index in [9.17, 15) is 0 Å². The highest BCUT2D eigenvalue weighted by atomic mass is 16.7. The fourth-order valence-corrected chi connectivity index (χ4v) is 3.26. The summed E-state index contributed by atoms with van der Waals surface area (Å²) in [5.74, 6) is 0.722. The minimum Gasteiger partial charge on any atom is -0.357 e. The number of hydrogen-bond donors (Lipinski definition) is 1. The molecule has 0 aromatic carbocycles. The smallest absolute Gasteiger partial charge is 0.224 e. The molecule has 1 saturated heterocycles. The first-order chi connectivity index (χ1) is 9.82. The summed E-state index contributed by atoms with van der Waals surface area (Å²) in [7, 11) is 1.85. The van der Waals surface area contributed by atoms with Gasteiger partial charge in [-0.2, -0.15) is 0 Å². The second-order valence-electron chi connectivity index (χ2n) is 5.92. The van der Waals surface area contributed by atoms with E-state index in [1.165, 1.54) is 19.3 Å². The van der Waals surface area contributed by atoms with Gasteiger partial charge in [0.15, 0.2) is 6.29 Å². The molecule has 0 radical (unpaired) electrons. The molecule has 3 rings (SSSR count). The topological polar surface area (TPSA) is 56.5 Å². The van der Waals surface area contributed by atoms with Gasteiger partial charge < -0.3 is 19.3 Å². The number of nitrogens with one attached hydrogen (secondary N) is 1. The van der Waals surface area contributed by atoms with E-state index in [0.29, 0.717) is 6.61 Å². The molecule has 0 amide bonds. The van der Waals surface area contributed by atoms with E-state index in [1.54, 1.807) is 0 Å². The van der Waals surface area contributed by atoms with Crippen molar-refractivity contribution in [3.05, 3.63) is 11.8 Å².